The summed E-state index contributed by atoms with van der Waals surface area (Å²) in [5.74, 6) is 0.805. The third-order valence-corrected chi connectivity index (χ3v) is 1.29. The third-order valence-electron chi connectivity index (χ3n) is 1.07. The van der Waals surface area contributed by atoms with Gasteiger partial charge in [-0.25, -0.2) is 4.79 Å². The Labute approximate surface area is 68.0 Å². The molecule has 0 aliphatic carbocycles. The molecule has 0 radical (unpaired) electrons. The van der Waals surface area contributed by atoms with Crippen LogP contribution >= 0.6 is 11.6 Å². The molecule has 1 rings (SSSR count). The standard InChI is InChI=1S/C7H4ClNO2/c8-5-1-2-6(9-3-5)7(11)4-10/h1-3,11H. The quantitative estimate of drug-likeness (QED) is 0.512. The van der Waals surface area contributed by atoms with Crippen LogP contribution in [0.5, 0.6) is 0 Å². The molecule has 0 amide bonds. The predicted molar refractivity (Wildman–Crippen MR) is 41.0 cm³/mol. The molecule has 0 aliphatic rings. The molecule has 0 bridgehead atoms. The van der Waals surface area contributed by atoms with E-state index in [0.717, 1.165) is 0 Å². The minimum atomic E-state index is -0.512. The van der Waals surface area contributed by atoms with Gasteiger partial charge in [-0.05, 0) is 12.1 Å². The van der Waals surface area contributed by atoms with Crippen LogP contribution in [0.3, 0.4) is 0 Å². The number of halogens is 1. The molecule has 0 saturated heterocycles. The van der Waals surface area contributed by atoms with Crippen LogP contribution < -0.4 is 0 Å². The van der Waals surface area contributed by atoms with Crippen molar-refractivity contribution in [3.63, 3.8) is 0 Å². The fraction of sp³-hybridized carbons (Fsp3) is 0. The Morgan fingerprint density at radius 2 is 2.36 bits per heavy atom. The van der Waals surface area contributed by atoms with Crippen LogP contribution in [0.15, 0.2) is 18.3 Å². The van der Waals surface area contributed by atoms with Gasteiger partial charge in [0.1, 0.15) is 5.69 Å². The van der Waals surface area contributed by atoms with Crippen LogP contribution in [0, 0.1) is 0 Å². The van der Waals surface area contributed by atoms with Crippen molar-refractivity contribution in [1.29, 1.82) is 0 Å². The topological polar surface area (TPSA) is 50.2 Å². The number of aliphatic hydroxyl groups excluding tert-OH is 1. The Bertz CT molecular complexity index is 301. The number of rotatable bonds is 1. The summed E-state index contributed by atoms with van der Waals surface area (Å²) in [6.45, 7) is 0. The molecule has 0 fully saturated rings. The molecule has 1 heterocycles. The summed E-state index contributed by atoms with van der Waals surface area (Å²) < 4.78 is 0. The van der Waals surface area contributed by atoms with E-state index >= 15 is 0 Å². The van der Waals surface area contributed by atoms with Gasteiger partial charge in [0.25, 0.3) is 0 Å². The van der Waals surface area contributed by atoms with Gasteiger partial charge in [-0.3, -0.25) is 4.98 Å². The van der Waals surface area contributed by atoms with Crippen LogP contribution in [0.1, 0.15) is 5.69 Å². The lowest BCUT2D eigenvalue weighted by molar-refractivity contribution is 0.500. The molecule has 1 aromatic heterocycles. The van der Waals surface area contributed by atoms with Crippen LogP contribution in [-0.4, -0.2) is 16.0 Å². The van der Waals surface area contributed by atoms with Gasteiger partial charge >= 0.3 is 0 Å². The van der Waals surface area contributed by atoms with E-state index in [-0.39, 0.29) is 5.69 Å². The highest BCUT2D eigenvalue weighted by molar-refractivity contribution is 6.30. The Balaban J connectivity index is 3.08. The Morgan fingerprint density at radius 3 is 2.82 bits per heavy atom. The summed E-state index contributed by atoms with van der Waals surface area (Å²) in [6.07, 6.45) is 1.34. The summed E-state index contributed by atoms with van der Waals surface area (Å²) in [5, 5.41) is 9.26. The predicted octanol–water partition coefficient (Wildman–Crippen LogP) is 1.47. The van der Waals surface area contributed by atoms with Crippen LogP contribution in [0.2, 0.25) is 5.02 Å². The van der Waals surface area contributed by atoms with E-state index in [4.69, 9.17) is 16.7 Å². The molecule has 0 unspecified atom stereocenters. The minimum absolute atomic E-state index is 0.171. The average Bonchev–Trinajstić information content (AvgIpc) is 2.05. The number of pyridine rings is 1. The second kappa shape index (κ2) is 3.19. The van der Waals surface area contributed by atoms with Crippen LogP contribution in [-0.2, 0) is 4.79 Å². The number of aromatic nitrogens is 1. The lowest BCUT2D eigenvalue weighted by Gasteiger charge is -1.93. The zero-order valence-corrected chi connectivity index (χ0v) is 6.17. The van der Waals surface area contributed by atoms with Crippen molar-refractivity contribution in [2.24, 2.45) is 0 Å². The van der Waals surface area contributed by atoms with Gasteiger partial charge in [-0.15, -0.1) is 0 Å². The maximum absolute atomic E-state index is 9.91. The van der Waals surface area contributed by atoms with Gasteiger partial charge in [0.05, 0.1) is 5.02 Å². The fourth-order valence-corrected chi connectivity index (χ4v) is 0.680. The van der Waals surface area contributed by atoms with Gasteiger partial charge in [-0.2, -0.15) is 0 Å². The van der Waals surface area contributed by atoms with Gasteiger partial charge in [0.2, 0.25) is 5.76 Å². The molecule has 3 nitrogen and oxygen atoms in total. The van der Waals surface area contributed by atoms with E-state index in [1.807, 2.05) is 0 Å². The largest absolute Gasteiger partial charge is 0.497 e. The maximum Gasteiger partial charge on any atom is 0.227 e. The molecule has 1 N–H and O–H groups in total. The molecule has 0 aliphatic heterocycles. The fourth-order valence-electron chi connectivity index (χ4n) is 0.568. The average molecular weight is 170 g/mol. The van der Waals surface area contributed by atoms with E-state index in [2.05, 4.69) is 4.98 Å². The Hall–Kier alpha value is -1.31. The first-order chi connectivity index (χ1) is 5.24. The molecule has 0 spiro atoms. The summed E-state index contributed by atoms with van der Waals surface area (Å²) in [7, 11) is 0. The molecule has 11 heavy (non-hydrogen) atoms. The lowest BCUT2D eigenvalue weighted by Crippen LogP contribution is -1.86. The summed E-state index contributed by atoms with van der Waals surface area (Å²) in [4.78, 5) is 13.6. The molecular formula is C7H4ClNO2. The number of nitrogens with zero attached hydrogens (tertiary/aromatic N) is 1. The van der Waals surface area contributed by atoms with Crippen molar-refractivity contribution in [1.82, 2.24) is 4.98 Å². The van der Waals surface area contributed by atoms with Crippen molar-refractivity contribution in [2.75, 3.05) is 0 Å². The molecule has 0 aromatic carbocycles. The first-order valence-electron chi connectivity index (χ1n) is 2.80. The Morgan fingerprint density at radius 1 is 1.64 bits per heavy atom. The highest BCUT2D eigenvalue weighted by Gasteiger charge is 1.99. The number of hydrogen-bond donors (Lipinski definition) is 1. The number of aliphatic hydroxyl groups is 1. The second-order valence-electron chi connectivity index (χ2n) is 1.81. The Kier molecular flexibility index (Phi) is 2.26. The first kappa shape index (κ1) is 7.79. The molecule has 0 saturated carbocycles. The zero-order valence-electron chi connectivity index (χ0n) is 5.41. The van der Waals surface area contributed by atoms with Crippen molar-refractivity contribution in [3.8, 4) is 0 Å². The van der Waals surface area contributed by atoms with E-state index in [1.165, 1.54) is 24.3 Å². The van der Waals surface area contributed by atoms with Crippen molar-refractivity contribution >= 4 is 23.3 Å². The monoisotopic (exact) mass is 169 g/mol. The van der Waals surface area contributed by atoms with E-state index in [1.54, 1.807) is 0 Å². The first-order valence-corrected chi connectivity index (χ1v) is 3.18. The van der Waals surface area contributed by atoms with Crippen molar-refractivity contribution in [2.45, 2.75) is 0 Å². The molecule has 1 aromatic rings. The van der Waals surface area contributed by atoms with Gasteiger partial charge in [-0.1, -0.05) is 11.6 Å². The van der Waals surface area contributed by atoms with E-state index in [9.17, 15) is 4.79 Å². The minimum Gasteiger partial charge on any atom is -0.497 e. The zero-order chi connectivity index (χ0) is 8.27. The lowest BCUT2D eigenvalue weighted by atomic mass is 10.3. The van der Waals surface area contributed by atoms with Gasteiger partial charge in [0.15, 0.2) is 5.94 Å². The molecule has 4 heteroatoms. The van der Waals surface area contributed by atoms with Crippen molar-refractivity contribution in [3.05, 3.63) is 29.0 Å². The smallest absolute Gasteiger partial charge is 0.227 e. The van der Waals surface area contributed by atoms with E-state index < -0.39 is 5.76 Å². The SMILES string of the molecule is O=C=C(O)c1ccc(Cl)cn1. The van der Waals surface area contributed by atoms with Crippen molar-refractivity contribution < 1.29 is 9.90 Å². The third kappa shape index (κ3) is 1.80. The number of hydrogen-bond acceptors (Lipinski definition) is 3. The normalized spacial score (nSPS) is 8.82. The second-order valence-corrected chi connectivity index (χ2v) is 2.25. The summed E-state index contributed by atoms with van der Waals surface area (Å²) in [6, 6.07) is 2.96. The van der Waals surface area contributed by atoms with Crippen LogP contribution in [0.4, 0.5) is 0 Å². The van der Waals surface area contributed by atoms with Gasteiger partial charge in [0, 0.05) is 6.20 Å². The molecule has 56 valence electrons. The molecular weight excluding hydrogens is 166 g/mol. The number of carbonyl (C=O) groups excluding carboxylic acids is 1. The van der Waals surface area contributed by atoms with Crippen LogP contribution in [0.25, 0.3) is 5.76 Å². The molecule has 0 atom stereocenters. The highest BCUT2D eigenvalue weighted by atomic mass is 35.5. The van der Waals surface area contributed by atoms with E-state index in [0.29, 0.717) is 5.02 Å². The van der Waals surface area contributed by atoms with Gasteiger partial charge < -0.3 is 5.11 Å². The summed E-state index contributed by atoms with van der Waals surface area (Å²) >= 11 is 5.51. The summed E-state index contributed by atoms with van der Waals surface area (Å²) in [5.41, 5.74) is 0.171. The maximum atomic E-state index is 9.91. The highest BCUT2D eigenvalue weighted by Crippen LogP contribution is 2.09.